The fourth-order valence-electron chi connectivity index (χ4n) is 4.03. The van der Waals surface area contributed by atoms with Gasteiger partial charge in [0.1, 0.15) is 0 Å². The Hall–Kier alpha value is -1.26. The number of rotatable bonds is 4. The molecule has 24 heavy (non-hydrogen) atoms. The van der Waals surface area contributed by atoms with Gasteiger partial charge in [-0.1, -0.05) is 32.1 Å². The molecule has 2 N–H and O–H groups in total. The van der Waals surface area contributed by atoms with E-state index in [1.165, 1.54) is 44.9 Å². The van der Waals surface area contributed by atoms with Gasteiger partial charge in [0.25, 0.3) is 0 Å². The van der Waals surface area contributed by atoms with Crippen LogP contribution in [0.25, 0.3) is 0 Å². The van der Waals surface area contributed by atoms with Crippen molar-refractivity contribution >= 4 is 11.9 Å². The van der Waals surface area contributed by atoms with Crippen LogP contribution in [0.4, 0.5) is 0 Å². The third kappa shape index (κ3) is 6.33. The highest BCUT2D eigenvalue weighted by Crippen LogP contribution is 2.23. The van der Waals surface area contributed by atoms with E-state index in [9.17, 15) is 4.79 Å². The Kier molecular flexibility index (Phi) is 8.40. The van der Waals surface area contributed by atoms with E-state index in [1.54, 1.807) is 7.05 Å². The summed E-state index contributed by atoms with van der Waals surface area (Å²) in [5.41, 5.74) is 0. The molecule has 1 heterocycles. The highest BCUT2D eigenvalue weighted by molar-refractivity contribution is 5.80. The van der Waals surface area contributed by atoms with Crippen molar-refractivity contribution in [3.63, 3.8) is 0 Å². The van der Waals surface area contributed by atoms with E-state index in [0.717, 1.165) is 44.4 Å². The maximum atomic E-state index is 11.5. The number of hydrogen-bond donors (Lipinski definition) is 2. The molecule has 1 saturated heterocycles. The zero-order valence-electron chi connectivity index (χ0n) is 15.6. The van der Waals surface area contributed by atoms with E-state index in [0.29, 0.717) is 12.3 Å². The van der Waals surface area contributed by atoms with Crippen LogP contribution in [0, 0.1) is 11.8 Å². The van der Waals surface area contributed by atoms with Crippen molar-refractivity contribution < 1.29 is 4.79 Å². The lowest BCUT2D eigenvalue weighted by molar-refractivity contribution is -0.121. The predicted octanol–water partition coefficient (Wildman–Crippen LogP) is 2.77. The highest BCUT2D eigenvalue weighted by atomic mass is 16.1. The predicted molar refractivity (Wildman–Crippen MR) is 100 cm³/mol. The lowest BCUT2D eigenvalue weighted by Crippen LogP contribution is -2.47. The molecule has 0 spiro atoms. The summed E-state index contributed by atoms with van der Waals surface area (Å²) in [6, 6.07) is 0. The lowest BCUT2D eigenvalue weighted by Gasteiger charge is -2.34. The number of nitrogens with one attached hydrogen (secondary N) is 2. The summed E-state index contributed by atoms with van der Waals surface area (Å²) >= 11 is 0. The molecule has 0 aromatic carbocycles. The topological polar surface area (TPSA) is 56.7 Å². The van der Waals surface area contributed by atoms with Gasteiger partial charge < -0.3 is 15.5 Å². The van der Waals surface area contributed by atoms with Gasteiger partial charge in [-0.05, 0) is 37.5 Å². The van der Waals surface area contributed by atoms with E-state index in [4.69, 9.17) is 0 Å². The maximum Gasteiger partial charge on any atom is 0.220 e. The zero-order chi connectivity index (χ0) is 17.2. The van der Waals surface area contributed by atoms with Crippen molar-refractivity contribution in [3.05, 3.63) is 0 Å². The molecule has 0 atom stereocenters. The first kappa shape index (κ1) is 19.1. The quantitative estimate of drug-likeness (QED) is 0.613. The molecular formula is C19H36N4O. The number of guanidine groups is 1. The summed E-state index contributed by atoms with van der Waals surface area (Å²) in [6.45, 7) is 3.07. The highest BCUT2D eigenvalue weighted by Gasteiger charge is 2.23. The molecule has 1 amide bonds. The van der Waals surface area contributed by atoms with Gasteiger partial charge in [0.2, 0.25) is 5.91 Å². The van der Waals surface area contributed by atoms with Crippen LogP contribution in [0.5, 0.6) is 0 Å². The SMILES string of the molecule is CN=C(NCC1CCCCCCC1)N1CCC(CC(=O)NC)CC1. The summed E-state index contributed by atoms with van der Waals surface area (Å²) in [6.07, 6.45) is 12.6. The third-order valence-corrected chi connectivity index (χ3v) is 5.65. The number of carbonyl (C=O) groups excluding carboxylic acids is 1. The molecule has 1 aliphatic carbocycles. The molecule has 1 saturated carbocycles. The van der Waals surface area contributed by atoms with Crippen LogP contribution in [0.15, 0.2) is 4.99 Å². The van der Waals surface area contributed by atoms with Gasteiger partial charge in [-0.3, -0.25) is 9.79 Å². The molecule has 2 fully saturated rings. The van der Waals surface area contributed by atoms with Crippen molar-refractivity contribution in [3.8, 4) is 0 Å². The van der Waals surface area contributed by atoms with Crippen molar-refractivity contribution in [1.29, 1.82) is 0 Å². The number of likely N-dealkylation sites (tertiary alicyclic amines) is 1. The standard InChI is InChI=1S/C19H36N4O/c1-20-18(24)14-16-10-12-23(13-11-16)19(21-2)22-15-17-8-6-4-3-5-7-9-17/h16-17H,3-15H2,1-2H3,(H,20,24)(H,21,22). The van der Waals surface area contributed by atoms with Gasteiger partial charge in [-0.2, -0.15) is 0 Å². The summed E-state index contributed by atoms with van der Waals surface area (Å²) in [7, 11) is 3.61. The first-order valence-corrected chi connectivity index (χ1v) is 9.89. The molecule has 5 heteroatoms. The number of nitrogens with zero attached hydrogens (tertiary/aromatic N) is 2. The molecule has 2 rings (SSSR count). The van der Waals surface area contributed by atoms with Gasteiger partial charge in [0, 0.05) is 40.2 Å². The summed E-state index contributed by atoms with van der Waals surface area (Å²) < 4.78 is 0. The number of hydrogen-bond acceptors (Lipinski definition) is 2. The van der Waals surface area contributed by atoms with Gasteiger partial charge in [-0.25, -0.2) is 0 Å². The Labute approximate surface area is 147 Å². The monoisotopic (exact) mass is 336 g/mol. The Bertz CT molecular complexity index is 394. The second-order valence-electron chi connectivity index (χ2n) is 7.45. The van der Waals surface area contributed by atoms with Crippen LogP contribution in [0.2, 0.25) is 0 Å². The molecule has 0 aromatic heterocycles. The minimum Gasteiger partial charge on any atom is -0.359 e. The molecule has 2 aliphatic rings. The van der Waals surface area contributed by atoms with E-state index < -0.39 is 0 Å². The Morgan fingerprint density at radius 2 is 1.62 bits per heavy atom. The van der Waals surface area contributed by atoms with Crippen molar-refractivity contribution in [2.24, 2.45) is 16.8 Å². The number of aliphatic imine (C=N–C) groups is 1. The molecule has 5 nitrogen and oxygen atoms in total. The van der Waals surface area contributed by atoms with Gasteiger partial charge in [0.05, 0.1) is 0 Å². The van der Waals surface area contributed by atoms with Crippen LogP contribution in [0.3, 0.4) is 0 Å². The van der Waals surface area contributed by atoms with Gasteiger partial charge >= 0.3 is 0 Å². The van der Waals surface area contributed by atoms with Crippen LogP contribution in [-0.2, 0) is 4.79 Å². The van der Waals surface area contributed by atoms with E-state index in [-0.39, 0.29) is 5.91 Å². The lowest BCUT2D eigenvalue weighted by atomic mass is 9.91. The fourth-order valence-corrected chi connectivity index (χ4v) is 4.03. The molecular weight excluding hydrogens is 300 g/mol. The molecule has 138 valence electrons. The Morgan fingerprint density at radius 3 is 2.21 bits per heavy atom. The third-order valence-electron chi connectivity index (χ3n) is 5.65. The van der Waals surface area contributed by atoms with E-state index in [1.807, 2.05) is 7.05 Å². The molecule has 0 radical (unpaired) electrons. The number of carbonyl (C=O) groups is 1. The van der Waals surface area contributed by atoms with Gasteiger partial charge in [0.15, 0.2) is 5.96 Å². The summed E-state index contributed by atoms with van der Waals surface area (Å²) in [4.78, 5) is 18.4. The summed E-state index contributed by atoms with van der Waals surface area (Å²) in [5.74, 6) is 2.54. The minimum absolute atomic E-state index is 0.167. The Balaban J connectivity index is 1.73. The second-order valence-corrected chi connectivity index (χ2v) is 7.45. The largest absolute Gasteiger partial charge is 0.359 e. The molecule has 0 bridgehead atoms. The fraction of sp³-hybridized carbons (Fsp3) is 0.895. The number of piperidine rings is 1. The average Bonchev–Trinajstić information content (AvgIpc) is 2.58. The first-order valence-electron chi connectivity index (χ1n) is 9.89. The number of amides is 1. The van der Waals surface area contributed by atoms with Crippen LogP contribution >= 0.6 is 0 Å². The van der Waals surface area contributed by atoms with E-state index in [2.05, 4.69) is 20.5 Å². The average molecular weight is 337 g/mol. The second kappa shape index (κ2) is 10.6. The Morgan fingerprint density at radius 1 is 1.00 bits per heavy atom. The molecule has 0 unspecified atom stereocenters. The normalized spacial score (nSPS) is 21.9. The van der Waals surface area contributed by atoms with Crippen molar-refractivity contribution in [1.82, 2.24) is 15.5 Å². The van der Waals surface area contributed by atoms with Crippen molar-refractivity contribution in [2.75, 3.05) is 33.7 Å². The summed E-state index contributed by atoms with van der Waals surface area (Å²) in [5, 5.41) is 6.36. The van der Waals surface area contributed by atoms with Crippen LogP contribution < -0.4 is 10.6 Å². The minimum atomic E-state index is 0.167. The van der Waals surface area contributed by atoms with Crippen molar-refractivity contribution in [2.45, 2.75) is 64.2 Å². The van der Waals surface area contributed by atoms with Crippen LogP contribution in [0.1, 0.15) is 64.2 Å². The smallest absolute Gasteiger partial charge is 0.220 e. The van der Waals surface area contributed by atoms with Crippen LogP contribution in [-0.4, -0.2) is 50.5 Å². The molecule has 0 aromatic rings. The van der Waals surface area contributed by atoms with Gasteiger partial charge in [-0.15, -0.1) is 0 Å². The van der Waals surface area contributed by atoms with E-state index >= 15 is 0 Å². The maximum absolute atomic E-state index is 11.5. The molecule has 1 aliphatic heterocycles. The first-order chi connectivity index (χ1) is 11.7. The zero-order valence-corrected chi connectivity index (χ0v) is 15.6.